The first-order valence-corrected chi connectivity index (χ1v) is 24.8. The minimum absolute atomic E-state index is 0.0762. The van der Waals surface area contributed by atoms with E-state index in [1.54, 1.807) is 37.3 Å². The Morgan fingerprint density at radius 3 is 2.32 bits per heavy atom. The number of imide groups is 2. The predicted molar refractivity (Wildman–Crippen MR) is 251 cm³/mol. The molecule has 4 aliphatic rings. The summed E-state index contributed by atoms with van der Waals surface area (Å²) >= 11 is 6.53. The third kappa shape index (κ3) is 9.09. The molecule has 3 fully saturated rings. The van der Waals surface area contributed by atoms with Crippen LogP contribution in [0.3, 0.4) is 0 Å². The Labute approximate surface area is 386 Å². The predicted octanol–water partition coefficient (Wildman–Crippen LogP) is 5.85. The van der Waals surface area contributed by atoms with Gasteiger partial charge in [0.1, 0.15) is 29.8 Å². The molecule has 5 aromatic rings. The number of hydrogen-bond acceptors (Lipinski definition) is 14. The van der Waals surface area contributed by atoms with E-state index < -0.39 is 42.6 Å². The number of aromatic nitrogens is 4. The molecule has 17 nitrogen and oxygen atoms in total. The molecular weight excluding hydrogens is 888 g/mol. The highest BCUT2D eigenvalue weighted by atomic mass is 35.5. The zero-order valence-electron chi connectivity index (χ0n) is 37.0. The van der Waals surface area contributed by atoms with Crippen LogP contribution >= 0.6 is 18.7 Å². The summed E-state index contributed by atoms with van der Waals surface area (Å²) in [6, 6.07) is 12.4. The average molecular weight is 938 g/mol. The van der Waals surface area contributed by atoms with Gasteiger partial charge in [-0.2, -0.15) is 10.1 Å². The van der Waals surface area contributed by atoms with Gasteiger partial charge in [0.15, 0.2) is 5.82 Å². The summed E-state index contributed by atoms with van der Waals surface area (Å²) < 4.78 is 34.9. The number of benzene rings is 3. The van der Waals surface area contributed by atoms with E-state index >= 15 is 0 Å². The number of carbonyl (C=O) groups excluding carboxylic acids is 4. The molecule has 0 unspecified atom stereocenters. The van der Waals surface area contributed by atoms with Crippen LogP contribution in [-0.2, 0) is 21.2 Å². The molecule has 66 heavy (non-hydrogen) atoms. The fraction of sp³-hybridized carbons (Fsp3) is 0.370. The second-order valence-electron chi connectivity index (χ2n) is 17.5. The summed E-state index contributed by atoms with van der Waals surface area (Å²) in [5.74, 6) is -0.975. The second-order valence-corrected chi connectivity index (χ2v) is 21.1. The number of methoxy groups -OCH3 is 1. The summed E-state index contributed by atoms with van der Waals surface area (Å²) in [5, 5.41) is 13.7. The molecule has 1 atom stereocenters. The van der Waals surface area contributed by atoms with Crippen LogP contribution in [0.1, 0.15) is 46.4 Å². The van der Waals surface area contributed by atoms with E-state index in [-0.39, 0.29) is 40.8 Å². The van der Waals surface area contributed by atoms with Crippen molar-refractivity contribution in [3.63, 3.8) is 0 Å². The van der Waals surface area contributed by atoms with Crippen LogP contribution in [0.15, 0.2) is 67.1 Å². The molecule has 0 saturated carbocycles. The van der Waals surface area contributed by atoms with Gasteiger partial charge in [0.25, 0.3) is 11.8 Å². The lowest BCUT2D eigenvalue weighted by molar-refractivity contribution is -0.136. The van der Waals surface area contributed by atoms with Crippen LogP contribution in [0.5, 0.6) is 5.75 Å². The van der Waals surface area contributed by atoms with E-state index in [1.807, 2.05) is 37.6 Å². The number of halogens is 2. The Morgan fingerprint density at radius 2 is 1.62 bits per heavy atom. The molecule has 344 valence electrons. The molecule has 0 aliphatic carbocycles. The summed E-state index contributed by atoms with van der Waals surface area (Å²) in [7, 11) is 0.629. The van der Waals surface area contributed by atoms with Gasteiger partial charge in [-0.15, -0.1) is 0 Å². The van der Waals surface area contributed by atoms with Crippen molar-refractivity contribution in [2.45, 2.75) is 31.7 Å². The molecule has 9 rings (SSSR count). The van der Waals surface area contributed by atoms with E-state index in [0.29, 0.717) is 28.3 Å². The number of amides is 4. The van der Waals surface area contributed by atoms with Gasteiger partial charge < -0.3 is 29.7 Å². The van der Waals surface area contributed by atoms with Gasteiger partial charge in [0.05, 0.1) is 42.0 Å². The van der Waals surface area contributed by atoms with Crippen molar-refractivity contribution in [3.8, 4) is 16.9 Å². The molecule has 0 radical (unpaired) electrons. The second kappa shape index (κ2) is 18.1. The number of carbonyl (C=O) groups is 4. The number of aryl methyl sites for hydroxylation is 1. The van der Waals surface area contributed by atoms with E-state index in [4.69, 9.17) is 16.3 Å². The van der Waals surface area contributed by atoms with Crippen molar-refractivity contribution in [1.29, 1.82) is 0 Å². The number of fused-ring (bicyclic) bond motifs is 1. The lowest BCUT2D eigenvalue weighted by Gasteiger charge is -2.40. The number of piperazine rings is 1. The third-order valence-electron chi connectivity index (χ3n) is 12.7. The van der Waals surface area contributed by atoms with Crippen molar-refractivity contribution in [2.24, 2.45) is 13.0 Å². The van der Waals surface area contributed by atoms with Crippen molar-refractivity contribution in [3.05, 3.63) is 89.1 Å². The van der Waals surface area contributed by atoms with Gasteiger partial charge in [0, 0.05) is 99.4 Å². The van der Waals surface area contributed by atoms with Crippen molar-refractivity contribution in [1.82, 2.24) is 34.9 Å². The molecular formula is C46H50ClFN11O6P. The Balaban J connectivity index is 0.847. The number of piperidine rings is 2. The number of nitrogens with one attached hydrogen (secondary N) is 3. The molecule has 20 heteroatoms. The maximum Gasteiger partial charge on any atom is 0.262 e. The molecule has 4 amide bonds. The van der Waals surface area contributed by atoms with Crippen molar-refractivity contribution < 1.29 is 32.9 Å². The van der Waals surface area contributed by atoms with Crippen LogP contribution in [0.25, 0.3) is 11.1 Å². The van der Waals surface area contributed by atoms with Crippen LogP contribution in [0, 0.1) is 11.7 Å². The molecule has 3 N–H and O–H groups in total. The molecule has 0 bridgehead atoms. The summed E-state index contributed by atoms with van der Waals surface area (Å²) in [4.78, 5) is 68.0. The normalized spacial score (nSPS) is 18.5. The molecule has 4 aliphatic heterocycles. The summed E-state index contributed by atoms with van der Waals surface area (Å²) in [6.45, 7) is 9.03. The average Bonchev–Trinajstić information content (AvgIpc) is 3.84. The van der Waals surface area contributed by atoms with Crippen LogP contribution in [-0.4, -0.2) is 125 Å². The largest absolute Gasteiger partial charge is 0.494 e. The fourth-order valence-electron chi connectivity index (χ4n) is 9.27. The smallest absolute Gasteiger partial charge is 0.262 e. The zero-order valence-corrected chi connectivity index (χ0v) is 38.7. The van der Waals surface area contributed by atoms with E-state index in [1.165, 1.54) is 24.4 Å². The highest BCUT2D eigenvalue weighted by Gasteiger charge is 2.45. The van der Waals surface area contributed by atoms with E-state index in [9.17, 15) is 28.1 Å². The maximum atomic E-state index is 14.2. The Hall–Kier alpha value is -6.36. The van der Waals surface area contributed by atoms with Gasteiger partial charge in [-0.1, -0.05) is 11.6 Å². The Morgan fingerprint density at radius 1 is 0.864 bits per heavy atom. The lowest BCUT2D eigenvalue weighted by Crippen LogP contribution is -2.54. The highest BCUT2D eigenvalue weighted by Crippen LogP contribution is 2.43. The van der Waals surface area contributed by atoms with Gasteiger partial charge in [-0.25, -0.2) is 9.37 Å². The molecule has 0 spiro atoms. The minimum Gasteiger partial charge on any atom is -0.494 e. The highest BCUT2D eigenvalue weighted by molar-refractivity contribution is 7.70. The third-order valence-corrected chi connectivity index (χ3v) is 14.6. The first kappa shape index (κ1) is 44.8. The first-order chi connectivity index (χ1) is 31.6. The minimum atomic E-state index is -2.86. The Bertz CT molecular complexity index is 2800. The van der Waals surface area contributed by atoms with Gasteiger partial charge in [0.2, 0.25) is 17.8 Å². The zero-order chi connectivity index (χ0) is 46.4. The number of rotatable bonds is 12. The van der Waals surface area contributed by atoms with Crippen LogP contribution in [0.4, 0.5) is 38.9 Å². The van der Waals surface area contributed by atoms with E-state index in [2.05, 4.69) is 45.7 Å². The number of hydrogen-bond donors (Lipinski definition) is 3. The van der Waals surface area contributed by atoms with E-state index in [0.717, 1.165) is 86.1 Å². The monoisotopic (exact) mass is 937 g/mol. The quantitative estimate of drug-likeness (QED) is 0.0999. The summed E-state index contributed by atoms with van der Waals surface area (Å²) in [6.07, 6.45) is 7.44. The van der Waals surface area contributed by atoms with Gasteiger partial charge in [-0.05, 0) is 81.0 Å². The molecule has 6 heterocycles. The van der Waals surface area contributed by atoms with Crippen LogP contribution < -0.4 is 35.8 Å². The van der Waals surface area contributed by atoms with Crippen LogP contribution in [0.2, 0.25) is 5.02 Å². The Kier molecular flexibility index (Phi) is 12.3. The number of anilines is 6. The number of ether oxygens (including phenoxy) is 1. The SMILES string of the molecule is COc1cc(N2CCC(CN3CCN(c4ccc5c(c4)C(=O)N([C@@H]4CCC(=O)NC4=O)C5=O)CC3)CC2)c(-c2cnn(C)c2)cc1Nc1ncc(Cl)c(Nc2ccc(F)cc2P(C)(C)=O)n1. The molecule has 3 saturated heterocycles. The molecule has 3 aromatic carbocycles. The maximum absolute atomic E-state index is 14.2. The standard InChI is InChI=1S/C46H50ClFN11O6P/c1-55-26-28(23-50-55)32-21-36(52-46-49-24-34(47)42(54-46)51-35-8-5-29(48)19-40(35)66(3,4)64)39(65-2)22-38(32)58-13-11-27(12-14-58)25-56-15-17-57(18-16-56)30-6-7-31-33(20-30)45(63)59(44(31)62)37-9-10-41(60)53-43(37)61/h5-8,19-24,26-27,37H,9-18,25H2,1-4H3,(H,53,60,61)(H2,49,51,52,54)/t37-/m1/s1. The van der Waals surface area contributed by atoms with Crippen molar-refractivity contribution in [2.75, 3.05) is 86.7 Å². The lowest BCUT2D eigenvalue weighted by atomic mass is 9.94. The topological polar surface area (TPSA) is 187 Å². The number of nitrogens with zero attached hydrogens (tertiary/aromatic N) is 8. The first-order valence-electron chi connectivity index (χ1n) is 21.8. The summed E-state index contributed by atoms with van der Waals surface area (Å²) in [5.41, 5.74) is 5.36. The van der Waals surface area contributed by atoms with Gasteiger partial charge >= 0.3 is 0 Å². The van der Waals surface area contributed by atoms with Gasteiger partial charge in [-0.3, -0.25) is 39.0 Å². The van der Waals surface area contributed by atoms with Crippen molar-refractivity contribution >= 4 is 82.2 Å². The fourth-order valence-corrected chi connectivity index (χ4v) is 10.6. The molecule has 2 aromatic heterocycles.